The lowest BCUT2D eigenvalue weighted by Gasteiger charge is -2.36. The summed E-state index contributed by atoms with van der Waals surface area (Å²) in [7, 11) is 4.75. The number of fused-ring (bicyclic) bond motifs is 2. The molecule has 2 heteroatoms. The van der Waals surface area contributed by atoms with E-state index in [1.54, 1.807) is 17.0 Å². The van der Waals surface area contributed by atoms with Crippen molar-refractivity contribution in [2.45, 2.75) is 132 Å². The summed E-state index contributed by atoms with van der Waals surface area (Å²) >= 11 is 0. The lowest BCUT2D eigenvalue weighted by atomic mass is 9.66. The van der Waals surface area contributed by atoms with E-state index in [0.717, 1.165) is 35.8 Å². The molecule has 0 aromatic rings. The van der Waals surface area contributed by atoms with Crippen molar-refractivity contribution in [1.82, 2.24) is 4.90 Å². The molecule has 0 aromatic heterocycles. The van der Waals surface area contributed by atoms with Crippen LogP contribution >= 0.6 is 0 Å². The van der Waals surface area contributed by atoms with E-state index in [4.69, 9.17) is 0 Å². The highest BCUT2D eigenvalue weighted by atomic mass is 15.2. The molecule has 0 bridgehead atoms. The molecule has 2 heterocycles. The van der Waals surface area contributed by atoms with Gasteiger partial charge >= 0.3 is 0 Å². The van der Waals surface area contributed by atoms with Crippen LogP contribution in [0.15, 0.2) is 35.6 Å². The SMILES string of the molecule is CC.CC1CCC2C(C1)C(C)(C)C(/C=C/C1CCC/C(=C\C=C3\N(C)C4CCC(C)CC4C3(C)C)C1C)=[N+]2C. The van der Waals surface area contributed by atoms with Crippen LogP contribution in [-0.2, 0) is 0 Å². The van der Waals surface area contributed by atoms with Crippen LogP contribution in [0.5, 0.6) is 0 Å². The number of likely N-dealkylation sites (tertiary alicyclic amines) is 1. The van der Waals surface area contributed by atoms with E-state index in [2.05, 4.69) is 96.3 Å². The van der Waals surface area contributed by atoms with Crippen LogP contribution in [-0.4, -0.2) is 41.4 Å². The first kappa shape index (κ1) is 30.6. The molecule has 220 valence electrons. The lowest BCUT2D eigenvalue weighted by molar-refractivity contribution is -0.539. The average Bonchev–Trinajstić information content (AvgIpc) is 3.20. The zero-order chi connectivity index (χ0) is 28.7. The van der Waals surface area contributed by atoms with Gasteiger partial charge in [0.25, 0.3) is 0 Å². The third-order valence-corrected chi connectivity index (χ3v) is 12.3. The maximum atomic E-state index is 2.67. The van der Waals surface area contributed by atoms with Crippen LogP contribution in [0.2, 0.25) is 0 Å². The Bertz CT molecular complexity index is 991. The molecule has 5 rings (SSSR count). The predicted molar refractivity (Wildman–Crippen MR) is 170 cm³/mol. The van der Waals surface area contributed by atoms with Crippen molar-refractivity contribution in [3.8, 4) is 0 Å². The zero-order valence-electron chi connectivity index (χ0n) is 27.7. The molecule has 8 unspecified atom stereocenters. The van der Waals surface area contributed by atoms with E-state index in [9.17, 15) is 0 Å². The van der Waals surface area contributed by atoms with Crippen molar-refractivity contribution in [3.05, 3.63) is 35.6 Å². The molecule has 3 saturated carbocycles. The Labute approximate surface area is 243 Å². The third-order valence-electron chi connectivity index (χ3n) is 12.3. The fourth-order valence-corrected chi connectivity index (χ4v) is 9.71. The summed E-state index contributed by atoms with van der Waals surface area (Å²) in [4.78, 5) is 2.66. The van der Waals surface area contributed by atoms with Gasteiger partial charge in [-0.1, -0.05) is 66.2 Å². The first-order chi connectivity index (χ1) is 18.4. The van der Waals surface area contributed by atoms with Gasteiger partial charge in [-0.3, -0.25) is 0 Å². The van der Waals surface area contributed by atoms with Crippen molar-refractivity contribution in [3.63, 3.8) is 0 Å². The van der Waals surface area contributed by atoms with E-state index in [1.807, 2.05) is 13.8 Å². The first-order valence-corrected chi connectivity index (χ1v) is 16.8. The monoisotopic (exact) mass is 535 g/mol. The maximum absolute atomic E-state index is 2.67. The second-order valence-corrected chi connectivity index (χ2v) is 15.2. The second-order valence-electron chi connectivity index (χ2n) is 15.2. The second kappa shape index (κ2) is 11.9. The fourth-order valence-electron chi connectivity index (χ4n) is 9.71. The molecule has 5 aliphatic rings. The van der Waals surface area contributed by atoms with Crippen molar-refractivity contribution in [2.24, 2.45) is 46.3 Å². The van der Waals surface area contributed by atoms with E-state index in [-0.39, 0.29) is 5.41 Å². The highest BCUT2D eigenvalue weighted by Gasteiger charge is 2.54. The van der Waals surface area contributed by atoms with Crippen LogP contribution in [0, 0.1) is 46.3 Å². The average molecular weight is 536 g/mol. The van der Waals surface area contributed by atoms with E-state index < -0.39 is 0 Å². The van der Waals surface area contributed by atoms with Gasteiger partial charge in [0.1, 0.15) is 7.05 Å². The zero-order valence-corrected chi connectivity index (χ0v) is 27.7. The Hall–Kier alpha value is -1.31. The molecular weight excluding hydrogens is 472 g/mol. The molecule has 0 radical (unpaired) electrons. The maximum Gasteiger partial charge on any atom is 0.181 e. The Balaban J connectivity index is 0.00000172. The molecular formula is C37H63N2+. The van der Waals surface area contributed by atoms with E-state index in [1.165, 1.54) is 57.8 Å². The fraction of sp³-hybridized carbons (Fsp3) is 0.811. The van der Waals surface area contributed by atoms with Crippen LogP contribution in [0.1, 0.15) is 120 Å². The summed E-state index contributed by atoms with van der Waals surface area (Å²) in [5.74, 6) is 4.68. The van der Waals surface area contributed by atoms with Gasteiger partial charge in [-0.15, -0.1) is 0 Å². The summed E-state index contributed by atoms with van der Waals surface area (Å²) < 4.78 is 2.67. The Morgan fingerprint density at radius 2 is 1.46 bits per heavy atom. The number of nitrogens with zero attached hydrogens (tertiary/aromatic N) is 2. The lowest BCUT2D eigenvalue weighted by Crippen LogP contribution is -2.36. The smallest absolute Gasteiger partial charge is 0.181 e. The number of rotatable bonds is 3. The molecule has 3 aliphatic carbocycles. The number of hydrogen-bond acceptors (Lipinski definition) is 1. The summed E-state index contributed by atoms with van der Waals surface area (Å²) in [6.07, 6.45) is 22.5. The number of allylic oxidation sites excluding steroid dienone is 6. The van der Waals surface area contributed by atoms with Gasteiger partial charge in [-0.05, 0) is 101 Å². The topological polar surface area (TPSA) is 6.25 Å². The van der Waals surface area contributed by atoms with Crippen molar-refractivity contribution in [2.75, 3.05) is 14.1 Å². The summed E-state index contributed by atoms with van der Waals surface area (Å²) in [6.45, 7) is 21.5. The molecule has 39 heavy (non-hydrogen) atoms. The van der Waals surface area contributed by atoms with Crippen molar-refractivity contribution >= 4 is 5.71 Å². The minimum atomic E-state index is 0.284. The van der Waals surface area contributed by atoms with Gasteiger partial charge in [-0.2, -0.15) is 0 Å². The Morgan fingerprint density at radius 1 is 0.821 bits per heavy atom. The first-order valence-electron chi connectivity index (χ1n) is 16.8. The van der Waals surface area contributed by atoms with Crippen molar-refractivity contribution in [1.29, 1.82) is 0 Å². The summed E-state index contributed by atoms with van der Waals surface area (Å²) in [5, 5.41) is 0. The van der Waals surface area contributed by atoms with Gasteiger partial charge in [0.2, 0.25) is 0 Å². The Kier molecular flexibility index (Phi) is 9.34. The normalized spacial score (nSPS) is 41.6. The third kappa shape index (κ3) is 5.61. The standard InChI is InChI=1S/C35H57N2.C2H6/c1-23-13-17-30-28(21-23)34(4,5)32(36(30)8)19-15-26-11-10-12-27(25(26)3)16-20-33-35(6,7)29-22-24(2)14-18-31(29)37(33)9;1-2/h15-16,19-20,23-26,28-31H,10-14,17-18,21-22H2,1-9H3;1-2H3/q+1;/b19-15+,27-16+,33-20+;. The van der Waals surface area contributed by atoms with Crippen LogP contribution in [0.4, 0.5) is 0 Å². The molecule has 2 aliphatic heterocycles. The number of hydrogen-bond donors (Lipinski definition) is 0. The predicted octanol–water partition coefficient (Wildman–Crippen LogP) is 9.52. The van der Waals surface area contributed by atoms with Gasteiger partial charge < -0.3 is 4.90 Å². The molecule has 1 saturated heterocycles. The van der Waals surface area contributed by atoms with E-state index >= 15 is 0 Å². The van der Waals surface area contributed by atoms with Gasteiger partial charge in [-0.25, -0.2) is 4.58 Å². The minimum Gasteiger partial charge on any atom is -0.374 e. The Morgan fingerprint density at radius 3 is 2.15 bits per heavy atom. The van der Waals surface area contributed by atoms with Crippen LogP contribution in [0.25, 0.3) is 0 Å². The highest BCUT2D eigenvalue weighted by molar-refractivity contribution is 5.96. The molecule has 0 spiro atoms. The summed E-state index contributed by atoms with van der Waals surface area (Å²) in [5.41, 5.74) is 5.42. The largest absolute Gasteiger partial charge is 0.374 e. The van der Waals surface area contributed by atoms with Gasteiger partial charge in [0, 0.05) is 42.6 Å². The molecule has 2 nitrogen and oxygen atoms in total. The van der Waals surface area contributed by atoms with Gasteiger partial charge in [0.15, 0.2) is 11.8 Å². The summed E-state index contributed by atoms with van der Waals surface area (Å²) in [6, 6.07) is 1.49. The van der Waals surface area contributed by atoms with Crippen LogP contribution in [0.3, 0.4) is 0 Å². The van der Waals surface area contributed by atoms with Crippen LogP contribution < -0.4 is 0 Å². The highest BCUT2D eigenvalue weighted by Crippen LogP contribution is 2.54. The van der Waals surface area contributed by atoms with Gasteiger partial charge in [0.05, 0.1) is 5.41 Å². The molecule has 0 amide bonds. The molecule has 0 aromatic carbocycles. The molecule has 0 N–H and O–H groups in total. The van der Waals surface area contributed by atoms with E-state index in [0.29, 0.717) is 17.3 Å². The molecule has 4 fully saturated rings. The quantitative estimate of drug-likeness (QED) is 0.326. The molecule has 8 atom stereocenters. The minimum absolute atomic E-state index is 0.284. The van der Waals surface area contributed by atoms with Crippen molar-refractivity contribution < 1.29 is 4.58 Å².